The molecular weight excluding hydrogens is 322 g/mol. The molecule has 0 radical (unpaired) electrons. The molecule has 0 aliphatic rings. The van der Waals surface area contributed by atoms with Crippen LogP contribution in [0.3, 0.4) is 0 Å². The fourth-order valence-corrected chi connectivity index (χ4v) is 3.06. The standard InChI is InChI=1S/C11H26O8P2/c1-8(2)6-9(18-20(12,13)14)10(7-11(3,4)5)19-21(15,16)17/h8-10H,6-7H2,1-5H3,(H2,12,13,14)(H2,15,16,17)/t9-,10+/m1/s1. The van der Waals surface area contributed by atoms with Gasteiger partial charge in [-0.1, -0.05) is 34.6 Å². The van der Waals surface area contributed by atoms with Gasteiger partial charge < -0.3 is 19.6 Å². The zero-order valence-corrected chi connectivity index (χ0v) is 14.8. The lowest BCUT2D eigenvalue weighted by atomic mass is 9.86. The van der Waals surface area contributed by atoms with Crippen molar-refractivity contribution in [2.24, 2.45) is 11.3 Å². The van der Waals surface area contributed by atoms with E-state index in [9.17, 15) is 9.13 Å². The summed E-state index contributed by atoms with van der Waals surface area (Å²) in [6.45, 7) is 9.09. The molecule has 0 aromatic heterocycles. The maximum atomic E-state index is 11.1. The molecule has 10 heteroatoms. The van der Waals surface area contributed by atoms with Crippen LogP contribution in [0.2, 0.25) is 0 Å². The second-order valence-corrected chi connectivity index (χ2v) is 9.05. The predicted octanol–water partition coefficient (Wildman–Crippen LogP) is 2.42. The number of hydrogen-bond donors (Lipinski definition) is 4. The lowest BCUT2D eigenvalue weighted by Gasteiger charge is -2.32. The molecule has 0 aliphatic carbocycles. The molecule has 4 N–H and O–H groups in total. The normalized spacial score (nSPS) is 17.0. The lowest BCUT2D eigenvalue weighted by Crippen LogP contribution is -2.35. The fourth-order valence-electron chi connectivity index (χ4n) is 1.92. The van der Waals surface area contributed by atoms with Crippen LogP contribution in [0.1, 0.15) is 47.5 Å². The number of phosphoric ester groups is 2. The molecule has 0 saturated heterocycles. The van der Waals surface area contributed by atoms with Crippen LogP contribution in [0.15, 0.2) is 0 Å². The first-order valence-electron chi connectivity index (χ1n) is 6.57. The summed E-state index contributed by atoms with van der Waals surface area (Å²) in [5, 5.41) is 0. The molecule has 0 heterocycles. The summed E-state index contributed by atoms with van der Waals surface area (Å²) in [4.78, 5) is 36.0. The highest BCUT2D eigenvalue weighted by molar-refractivity contribution is 7.46. The van der Waals surface area contributed by atoms with Gasteiger partial charge in [0.25, 0.3) is 0 Å². The van der Waals surface area contributed by atoms with E-state index in [0.29, 0.717) is 0 Å². The van der Waals surface area contributed by atoms with E-state index in [1.165, 1.54) is 0 Å². The van der Waals surface area contributed by atoms with E-state index in [-0.39, 0.29) is 24.2 Å². The summed E-state index contributed by atoms with van der Waals surface area (Å²) in [5.74, 6) is 0.00406. The van der Waals surface area contributed by atoms with E-state index in [0.717, 1.165) is 0 Å². The van der Waals surface area contributed by atoms with E-state index >= 15 is 0 Å². The van der Waals surface area contributed by atoms with Crippen molar-refractivity contribution in [3.05, 3.63) is 0 Å². The Hall–Kier alpha value is 0.220. The molecule has 0 saturated carbocycles. The summed E-state index contributed by atoms with van der Waals surface area (Å²) in [6, 6.07) is 0. The highest BCUT2D eigenvalue weighted by Crippen LogP contribution is 2.46. The van der Waals surface area contributed by atoms with Gasteiger partial charge in [-0.2, -0.15) is 0 Å². The minimum Gasteiger partial charge on any atom is -0.303 e. The van der Waals surface area contributed by atoms with Crippen molar-refractivity contribution in [1.82, 2.24) is 0 Å². The number of phosphoric acid groups is 2. The van der Waals surface area contributed by atoms with Gasteiger partial charge in [0.1, 0.15) is 0 Å². The van der Waals surface area contributed by atoms with Crippen LogP contribution in [0, 0.1) is 11.3 Å². The average Bonchev–Trinajstić information content (AvgIpc) is 2.07. The molecule has 0 bridgehead atoms. The Morgan fingerprint density at radius 1 is 0.905 bits per heavy atom. The van der Waals surface area contributed by atoms with Crippen molar-refractivity contribution in [2.75, 3.05) is 0 Å². The first-order chi connectivity index (χ1) is 9.09. The first-order valence-corrected chi connectivity index (χ1v) is 9.63. The van der Waals surface area contributed by atoms with Crippen molar-refractivity contribution < 1.29 is 37.8 Å². The summed E-state index contributed by atoms with van der Waals surface area (Å²) >= 11 is 0. The molecule has 2 atom stereocenters. The molecular formula is C11H26O8P2. The molecule has 21 heavy (non-hydrogen) atoms. The summed E-state index contributed by atoms with van der Waals surface area (Å²) in [5.41, 5.74) is -0.368. The third-order valence-corrected chi connectivity index (χ3v) is 3.57. The minimum atomic E-state index is -4.80. The monoisotopic (exact) mass is 348 g/mol. The van der Waals surface area contributed by atoms with Gasteiger partial charge in [-0.05, 0) is 24.2 Å². The third-order valence-electron chi connectivity index (χ3n) is 2.48. The molecule has 0 unspecified atom stereocenters. The van der Waals surface area contributed by atoms with Gasteiger partial charge in [-0.3, -0.25) is 9.05 Å². The molecule has 0 fully saturated rings. The van der Waals surface area contributed by atoms with E-state index < -0.39 is 27.9 Å². The molecule has 0 amide bonds. The highest BCUT2D eigenvalue weighted by Gasteiger charge is 2.37. The Morgan fingerprint density at radius 2 is 1.29 bits per heavy atom. The predicted molar refractivity (Wildman–Crippen MR) is 77.4 cm³/mol. The van der Waals surface area contributed by atoms with Crippen molar-refractivity contribution in [1.29, 1.82) is 0 Å². The van der Waals surface area contributed by atoms with E-state index in [1.54, 1.807) is 0 Å². The second kappa shape index (κ2) is 7.66. The van der Waals surface area contributed by atoms with Crippen LogP contribution in [0.5, 0.6) is 0 Å². The second-order valence-electron chi connectivity index (χ2n) is 6.66. The maximum absolute atomic E-state index is 11.1. The van der Waals surface area contributed by atoms with Gasteiger partial charge in [-0.15, -0.1) is 0 Å². The number of rotatable bonds is 8. The average molecular weight is 348 g/mol. The van der Waals surface area contributed by atoms with Crippen LogP contribution >= 0.6 is 15.6 Å². The van der Waals surface area contributed by atoms with Crippen LogP contribution in [-0.2, 0) is 18.2 Å². The Kier molecular flexibility index (Phi) is 7.74. The Bertz CT molecular complexity index is 405. The molecule has 0 rings (SSSR count). The zero-order chi connectivity index (χ0) is 17.1. The summed E-state index contributed by atoms with van der Waals surface area (Å²) in [7, 11) is -9.60. The lowest BCUT2D eigenvalue weighted by molar-refractivity contribution is -0.0133. The van der Waals surface area contributed by atoms with Gasteiger partial charge >= 0.3 is 15.6 Å². The third kappa shape index (κ3) is 12.4. The van der Waals surface area contributed by atoms with Crippen LogP contribution < -0.4 is 0 Å². The molecule has 0 aromatic rings. The zero-order valence-electron chi connectivity index (χ0n) is 13.0. The van der Waals surface area contributed by atoms with Gasteiger partial charge in [-0.25, -0.2) is 9.13 Å². The first kappa shape index (κ1) is 21.2. The van der Waals surface area contributed by atoms with E-state index in [2.05, 4.69) is 0 Å². The van der Waals surface area contributed by atoms with Gasteiger partial charge in [0.15, 0.2) is 0 Å². The SMILES string of the molecule is CC(C)C[C@@H](OP(=O)(O)O)[C@H](CC(C)(C)C)OP(=O)(O)O. The van der Waals surface area contributed by atoms with Gasteiger partial charge in [0.2, 0.25) is 0 Å². The van der Waals surface area contributed by atoms with Crippen molar-refractivity contribution in [3.8, 4) is 0 Å². The summed E-state index contributed by atoms with van der Waals surface area (Å²) in [6.07, 6.45) is -1.86. The van der Waals surface area contributed by atoms with Crippen molar-refractivity contribution in [3.63, 3.8) is 0 Å². The molecule has 128 valence electrons. The van der Waals surface area contributed by atoms with Gasteiger partial charge in [0, 0.05) is 0 Å². The molecule has 0 spiro atoms. The fraction of sp³-hybridized carbons (Fsp3) is 1.00. The quantitative estimate of drug-likeness (QED) is 0.491. The van der Waals surface area contributed by atoms with Crippen molar-refractivity contribution >= 4 is 15.6 Å². The molecule has 0 aliphatic heterocycles. The molecule has 0 aromatic carbocycles. The van der Waals surface area contributed by atoms with Gasteiger partial charge in [0.05, 0.1) is 12.2 Å². The van der Waals surface area contributed by atoms with Crippen molar-refractivity contribution in [2.45, 2.75) is 59.7 Å². The Labute approximate surface area is 125 Å². The van der Waals surface area contributed by atoms with Crippen LogP contribution in [-0.4, -0.2) is 31.8 Å². The molecule has 8 nitrogen and oxygen atoms in total. The van der Waals surface area contributed by atoms with Crippen LogP contribution in [0.25, 0.3) is 0 Å². The highest BCUT2D eigenvalue weighted by atomic mass is 31.2. The Morgan fingerprint density at radius 3 is 1.57 bits per heavy atom. The Balaban J connectivity index is 5.33. The smallest absolute Gasteiger partial charge is 0.303 e. The topological polar surface area (TPSA) is 134 Å². The summed E-state index contributed by atoms with van der Waals surface area (Å²) < 4.78 is 31.6. The van der Waals surface area contributed by atoms with Crippen LogP contribution in [0.4, 0.5) is 0 Å². The van der Waals surface area contributed by atoms with E-state index in [4.69, 9.17) is 28.6 Å². The maximum Gasteiger partial charge on any atom is 0.469 e. The van der Waals surface area contributed by atoms with E-state index in [1.807, 2.05) is 34.6 Å². The minimum absolute atomic E-state index is 0.00406. The number of hydrogen-bond acceptors (Lipinski definition) is 4. The largest absolute Gasteiger partial charge is 0.469 e.